The predicted molar refractivity (Wildman–Crippen MR) is 82.5 cm³/mol. The number of rotatable bonds is 6. The fourth-order valence-corrected chi connectivity index (χ4v) is 2.31. The molecule has 0 aliphatic heterocycles. The van der Waals surface area contributed by atoms with E-state index in [0.29, 0.717) is 18.8 Å². The number of benzene rings is 1. The first-order valence-electron chi connectivity index (χ1n) is 7.05. The molecule has 0 fully saturated rings. The molecule has 0 saturated heterocycles. The Kier molecular flexibility index (Phi) is 4.98. The molecule has 1 atom stereocenters. The Bertz CT molecular complexity index is 621. The van der Waals surface area contributed by atoms with Gasteiger partial charge in [0.1, 0.15) is 5.69 Å². The summed E-state index contributed by atoms with van der Waals surface area (Å²) in [5.41, 5.74) is 1.64. The van der Waals surface area contributed by atoms with Crippen molar-refractivity contribution in [3.63, 3.8) is 0 Å². The van der Waals surface area contributed by atoms with Gasteiger partial charge in [0.25, 0.3) is 5.91 Å². The number of methoxy groups -OCH3 is 1. The van der Waals surface area contributed by atoms with E-state index in [2.05, 4.69) is 0 Å². The molecule has 21 heavy (non-hydrogen) atoms. The maximum atomic E-state index is 12.7. The first-order chi connectivity index (χ1) is 10.1. The molecule has 2 aromatic rings. The van der Waals surface area contributed by atoms with Crippen LogP contribution in [0.3, 0.4) is 0 Å². The van der Waals surface area contributed by atoms with E-state index in [4.69, 9.17) is 4.74 Å². The second kappa shape index (κ2) is 6.74. The van der Waals surface area contributed by atoms with Crippen molar-refractivity contribution in [2.75, 3.05) is 27.4 Å². The number of para-hydroxylation sites is 1. The molecule has 5 heteroatoms. The van der Waals surface area contributed by atoms with E-state index >= 15 is 0 Å². The van der Waals surface area contributed by atoms with Crippen LogP contribution in [0.4, 0.5) is 0 Å². The topological polar surface area (TPSA) is 54.7 Å². The summed E-state index contributed by atoms with van der Waals surface area (Å²) in [7, 11) is 3.36. The minimum atomic E-state index is -0.216. The van der Waals surface area contributed by atoms with Gasteiger partial charge in [-0.05, 0) is 19.1 Å². The summed E-state index contributed by atoms with van der Waals surface area (Å²) in [4.78, 5) is 14.2. The highest BCUT2D eigenvalue weighted by atomic mass is 16.5. The number of fused-ring (bicyclic) bond motifs is 1. The number of carbonyl (C=O) groups is 1. The lowest BCUT2D eigenvalue weighted by molar-refractivity contribution is 0.0670. The summed E-state index contributed by atoms with van der Waals surface area (Å²) >= 11 is 0. The molecule has 5 nitrogen and oxygen atoms in total. The van der Waals surface area contributed by atoms with Crippen LogP contribution >= 0.6 is 0 Å². The minimum Gasteiger partial charge on any atom is -0.394 e. The van der Waals surface area contributed by atoms with Crippen LogP contribution in [0.25, 0.3) is 10.9 Å². The number of aromatic nitrogens is 1. The Morgan fingerprint density at radius 1 is 1.43 bits per heavy atom. The maximum absolute atomic E-state index is 12.7. The number of hydrogen-bond donors (Lipinski definition) is 1. The van der Waals surface area contributed by atoms with Gasteiger partial charge >= 0.3 is 0 Å². The second-order valence-corrected chi connectivity index (χ2v) is 5.18. The number of carbonyl (C=O) groups excluding carboxylic acids is 1. The highest BCUT2D eigenvalue weighted by Gasteiger charge is 2.21. The predicted octanol–water partition coefficient (Wildman–Crippen LogP) is 1.74. The van der Waals surface area contributed by atoms with E-state index in [-0.39, 0.29) is 18.6 Å². The first kappa shape index (κ1) is 15.5. The molecule has 0 saturated carbocycles. The van der Waals surface area contributed by atoms with Gasteiger partial charge in [-0.25, -0.2) is 0 Å². The van der Waals surface area contributed by atoms with E-state index in [1.54, 1.807) is 19.1 Å². The average molecular weight is 290 g/mol. The van der Waals surface area contributed by atoms with Crippen LogP contribution in [0.5, 0.6) is 0 Å². The number of nitrogens with zero attached hydrogens (tertiary/aromatic N) is 2. The molecule has 0 spiro atoms. The zero-order valence-electron chi connectivity index (χ0n) is 12.7. The standard InChI is InChI=1S/C16H22N2O3/c1-12(11-19)17(2)16(20)15-10-13-6-4-5-7-14(13)18(15)8-9-21-3/h4-7,10,12,19H,8-9,11H2,1-3H3. The third-order valence-corrected chi connectivity index (χ3v) is 3.79. The Morgan fingerprint density at radius 2 is 2.14 bits per heavy atom. The SMILES string of the molecule is COCCn1c(C(=O)N(C)C(C)CO)cc2ccccc21. The van der Waals surface area contributed by atoms with Crippen LogP contribution in [0.1, 0.15) is 17.4 Å². The van der Waals surface area contributed by atoms with E-state index in [1.807, 2.05) is 41.8 Å². The van der Waals surface area contributed by atoms with Gasteiger partial charge in [-0.1, -0.05) is 18.2 Å². The zero-order valence-corrected chi connectivity index (χ0v) is 12.7. The number of likely N-dealkylation sites (N-methyl/N-ethyl adjacent to an activating group) is 1. The van der Waals surface area contributed by atoms with Crippen molar-refractivity contribution < 1.29 is 14.6 Å². The van der Waals surface area contributed by atoms with Crippen molar-refractivity contribution >= 4 is 16.8 Å². The van der Waals surface area contributed by atoms with Crippen molar-refractivity contribution in [1.82, 2.24) is 9.47 Å². The van der Waals surface area contributed by atoms with Gasteiger partial charge in [-0.2, -0.15) is 0 Å². The third-order valence-electron chi connectivity index (χ3n) is 3.79. The normalized spacial score (nSPS) is 12.6. The van der Waals surface area contributed by atoms with E-state index in [9.17, 15) is 9.90 Å². The molecule has 1 aromatic heterocycles. The zero-order chi connectivity index (χ0) is 15.4. The van der Waals surface area contributed by atoms with Gasteiger partial charge < -0.3 is 19.3 Å². The van der Waals surface area contributed by atoms with Crippen LogP contribution in [0, 0.1) is 0 Å². The fraction of sp³-hybridized carbons (Fsp3) is 0.438. The lowest BCUT2D eigenvalue weighted by atomic mass is 10.2. The largest absolute Gasteiger partial charge is 0.394 e. The van der Waals surface area contributed by atoms with Crippen molar-refractivity contribution in [2.45, 2.75) is 19.5 Å². The molecule has 1 N–H and O–H groups in total. The van der Waals surface area contributed by atoms with Crippen molar-refractivity contribution in [3.8, 4) is 0 Å². The first-order valence-corrected chi connectivity index (χ1v) is 7.05. The highest BCUT2D eigenvalue weighted by Crippen LogP contribution is 2.21. The third kappa shape index (κ3) is 3.09. The number of amides is 1. The van der Waals surface area contributed by atoms with Gasteiger partial charge in [0.05, 0.1) is 19.3 Å². The smallest absolute Gasteiger partial charge is 0.270 e. The average Bonchev–Trinajstić information content (AvgIpc) is 2.89. The van der Waals surface area contributed by atoms with Gasteiger partial charge in [0, 0.05) is 31.6 Å². The number of aliphatic hydroxyl groups is 1. The molecule has 0 bridgehead atoms. The van der Waals surface area contributed by atoms with Gasteiger partial charge in [0.15, 0.2) is 0 Å². The molecular formula is C16H22N2O3. The van der Waals surface area contributed by atoms with Crippen LogP contribution in [-0.2, 0) is 11.3 Å². The molecule has 1 aromatic carbocycles. The summed E-state index contributed by atoms with van der Waals surface area (Å²) in [5.74, 6) is -0.0937. The molecule has 2 rings (SSSR count). The summed E-state index contributed by atoms with van der Waals surface area (Å²) in [5, 5.41) is 10.3. The monoisotopic (exact) mass is 290 g/mol. The quantitative estimate of drug-likeness (QED) is 0.881. The van der Waals surface area contributed by atoms with Gasteiger partial charge in [-0.3, -0.25) is 4.79 Å². The Labute approximate surface area is 124 Å². The molecule has 114 valence electrons. The molecule has 0 radical (unpaired) electrons. The molecule has 0 aliphatic rings. The second-order valence-electron chi connectivity index (χ2n) is 5.18. The fourth-order valence-electron chi connectivity index (χ4n) is 2.31. The van der Waals surface area contributed by atoms with E-state index in [0.717, 1.165) is 10.9 Å². The summed E-state index contributed by atoms with van der Waals surface area (Å²) in [6, 6.07) is 9.58. The summed E-state index contributed by atoms with van der Waals surface area (Å²) in [6.45, 7) is 2.92. The van der Waals surface area contributed by atoms with Gasteiger partial charge in [-0.15, -0.1) is 0 Å². The molecule has 1 unspecified atom stereocenters. The molecule has 0 aliphatic carbocycles. The highest BCUT2D eigenvalue weighted by molar-refractivity contribution is 5.98. The summed E-state index contributed by atoms with van der Waals surface area (Å²) < 4.78 is 7.12. The molecule has 1 amide bonds. The van der Waals surface area contributed by atoms with Crippen molar-refractivity contribution in [2.24, 2.45) is 0 Å². The van der Waals surface area contributed by atoms with E-state index in [1.165, 1.54) is 0 Å². The van der Waals surface area contributed by atoms with Gasteiger partial charge in [0.2, 0.25) is 0 Å². The Morgan fingerprint density at radius 3 is 2.81 bits per heavy atom. The number of ether oxygens (including phenoxy) is 1. The Balaban J connectivity index is 2.44. The van der Waals surface area contributed by atoms with Crippen LogP contribution in [0.2, 0.25) is 0 Å². The maximum Gasteiger partial charge on any atom is 0.270 e. The van der Waals surface area contributed by atoms with Crippen molar-refractivity contribution in [1.29, 1.82) is 0 Å². The Hall–Kier alpha value is -1.85. The molecular weight excluding hydrogens is 268 g/mol. The van der Waals surface area contributed by atoms with Crippen LogP contribution in [-0.4, -0.2) is 53.9 Å². The minimum absolute atomic E-state index is 0.0550. The van der Waals surface area contributed by atoms with Crippen LogP contribution < -0.4 is 0 Å². The lowest BCUT2D eigenvalue weighted by Gasteiger charge is -2.23. The number of aliphatic hydroxyl groups excluding tert-OH is 1. The lowest BCUT2D eigenvalue weighted by Crippen LogP contribution is -2.38. The molecule has 1 heterocycles. The van der Waals surface area contributed by atoms with Crippen molar-refractivity contribution in [3.05, 3.63) is 36.0 Å². The number of hydrogen-bond acceptors (Lipinski definition) is 3. The summed E-state index contributed by atoms with van der Waals surface area (Å²) in [6.07, 6.45) is 0. The van der Waals surface area contributed by atoms with Crippen LogP contribution in [0.15, 0.2) is 30.3 Å². The van der Waals surface area contributed by atoms with E-state index < -0.39 is 0 Å².